The van der Waals surface area contributed by atoms with Crippen molar-refractivity contribution in [3.05, 3.63) is 18.2 Å². The molecule has 1 N–H and O–H groups in total. The van der Waals surface area contributed by atoms with Gasteiger partial charge in [-0.2, -0.15) is 0 Å². The van der Waals surface area contributed by atoms with Crippen molar-refractivity contribution in [2.45, 2.75) is 19.9 Å². The van der Waals surface area contributed by atoms with Crippen LogP contribution in [0.15, 0.2) is 12.4 Å². The minimum absolute atomic E-state index is 0.103. The van der Waals surface area contributed by atoms with Gasteiger partial charge in [0, 0.05) is 18.9 Å². The third kappa shape index (κ3) is 3.56. The van der Waals surface area contributed by atoms with Gasteiger partial charge in [0.1, 0.15) is 5.82 Å². The lowest BCUT2D eigenvalue weighted by Gasteiger charge is -2.03. The lowest BCUT2D eigenvalue weighted by Crippen LogP contribution is -2.25. The topological polar surface area (TPSA) is 46.9 Å². The van der Waals surface area contributed by atoms with E-state index < -0.39 is 0 Å². The van der Waals surface area contributed by atoms with Gasteiger partial charge in [-0.15, -0.1) is 6.42 Å². The molecule has 0 aromatic carbocycles. The zero-order valence-electron chi connectivity index (χ0n) is 8.86. The minimum atomic E-state index is 0.103. The number of Topliss-reactive ketones (excluding diaryl/α,β-unsaturated/α-hetero) is 1. The number of imidazole rings is 1. The van der Waals surface area contributed by atoms with Crippen LogP contribution in [0, 0.1) is 12.3 Å². The van der Waals surface area contributed by atoms with E-state index in [0.29, 0.717) is 19.5 Å². The SMILES string of the molecule is C#CCNCC(=O)Cc1nccn1CC. The average Bonchev–Trinajstić information content (AvgIpc) is 2.65. The minimum Gasteiger partial charge on any atom is -0.335 e. The molecule has 0 bridgehead atoms. The fraction of sp³-hybridized carbons (Fsp3) is 0.455. The molecule has 0 unspecified atom stereocenters. The highest BCUT2D eigenvalue weighted by molar-refractivity contribution is 5.82. The first-order chi connectivity index (χ1) is 7.27. The summed E-state index contributed by atoms with van der Waals surface area (Å²) in [6.45, 7) is 3.58. The number of hydrogen-bond acceptors (Lipinski definition) is 3. The predicted molar refractivity (Wildman–Crippen MR) is 58.3 cm³/mol. The van der Waals surface area contributed by atoms with Crippen molar-refractivity contribution in [1.29, 1.82) is 0 Å². The highest BCUT2D eigenvalue weighted by Crippen LogP contribution is 1.98. The molecule has 0 spiro atoms. The molecule has 0 saturated heterocycles. The van der Waals surface area contributed by atoms with Crippen LogP contribution in [0.2, 0.25) is 0 Å². The Morgan fingerprint density at radius 3 is 3.20 bits per heavy atom. The summed E-state index contributed by atoms with van der Waals surface area (Å²) in [5, 5.41) is 2.86. The van der Waals surface area contributed by atoms with E-state index in [1.54, 1.807) is 6.20 Å². The van der Waals surface area contributed by atoms with Crippen LogP contribution < -0.4 is 5.32 Å². The van der Waals surface area contributed by atoms with E-state index >= 15 is 0 Å². The summed E-state index contributed by atoms with van der Waals surface area (Å²) in [4.78, 5) is 15.6. The molecule has 1 aromatic heterocycles. The molecule has 80 valence electrons. The van der Waals surface area contributed by atoms with Gasteiger partial charge in [-0.25, -0.2) is 4.98 Å². The molecule has 0 atom stereocenters. The Hall–Kier alpha value is -1.60. The van der Waals surface area contributed by atoms with Gasteiger partial charge in [0.15, 0.2) is 5.78 Å². The molecule has 0 aliphatic carbocycles. The standard InChI is InChI=1S/C11H15N3O/c1-3-5-12-9-10(15)8-11-13-6-7-14(11)4-2/h1,6-7,12H,4-5,8-9H2,2H3. The molecule has 0 radical (unpaired) electrons. The smallest absolute Gasteiger partial charge is 0.154 e. The Kier molecular flexibility index (Phi) is 4.58. The van der Waals surface area contributed by atoms with E-state index in [1.807, 2.05) is 17.7 Å². The van der Waals surface area contributed by atoms with Gasteiger partial charge in [-0.05, 0) is 6.92 Å². The number of hydrogen-bond donors (Lipinski definition) is 1. The second-order valence-electron chi connectivity index (χ2n) is 3.15. The third-order valence-corrected chi connectivity index (χ3v) is 2.05. The van der Waals surface area contributed by atoms with E-state index in [9.17, 15) is 4.79 Å². The molecular weight excluding hydrogens is 190 g/mol. The lowest BCUT2D eigenvalue weighted by molar-refractivity contribution is -0.117. The van der Waals surface area contributed by atoms with Gasteiger partial charge in [0.2, 0.25) is 0 Å². The number of nitrogens with zero attached hydrogens (tertiary/aromatic N) is 2. The molecule has 4 nitrogen and oxygen atoms in total. The molecule has 0 saturated carbocycles. The number of nitrogens with one attached hydrogen (secondary N) is 1. The van der Waals surface area contributed by atoms with Crippen LogP contribution in [0.5, 0.6) is 0 Å². The van der Waals surface area contributed by atoms with Crippen molar-refractivity contribution in [2.24, 2.45) is 0 Å². The number of ketones is 1. The normalized spacial score (nSPS) is 9.87. The van der Waals surface area contributed by atoms with Crippen molar-refractivity contribution in [3.8, 4) is 12.3 Å². The second-order valence-corrected chi connectivity index (χ2v) is 3.15. The van der Waals surface area contributed by atoms with Gasteiger partial charge in [0.05, 0.1) is 19.5 Å². The van der Waals surface area contributed by atoms with Crippen LogP contribution in [0.1, 0.15) is 12.7 Å². The number of aryl methyl sites for hydroxylation is 1. The molecule has 0 fully saturated rings. The van der Waals surface area contributed by atoms with E-state index in [4.69, 9.17) is 6.42 Å². The summed E-state index contributed by atoms with van der Waals surface area (Å²) in [6, 6.07) is 0. The van der Waals surface area contributed by atoms with Gasteiger partial charge in [0.25, 0.3) is 0 Å². The van der Waals surface area contributed by atoms with Gasteiger partial charge < -0.3 is 4.57 Å². The largest absolute Gasteiger partial charge is 0.335 e. The molecule has 0 aliphatic heterocycles. The molecule has 1 rings (SSSR count). The highest BCUT2D eigenvalue weighted by Gasteiger charge is 2.07. The zero-order valence-corrected chi connectivity index (χ0v) is 8.86. The second kappa shape index (κ2) is 5.99. The Labute approximate surface area is 89.7 Å². The van der Waals surface area contributed by atoms with E-state index in [0.717, 1.165) is 12.4 Å². The number of carbonyl (C=O) groups excluding carboxylic acids is 1. The first-order valence-electron chi connectivity index (χ1n) is 4.93. The van der Waals surface area contributed by atoms with E-state index in [1.165, 1.54) is 0 Å². The van der Waals surface area contributed by atoms with Crippen LogP contribution in [0.3, 0.4) is 0 Å². The predicted octanol–water partition coefficient (Wildman–Crippen LogP) is 0.237. The van der Waals surface area contributed by atoms with E-state index in [-0.39, 0.29) is 5.78 Å². The Morgan fingerprint density at radius 1 is 1.73 bits per heavy atom. The van der Waals surface area contributed by atoms with Gasteiger partial charge in [-0.1, -0.05) is 5.92 Å². The van der Waals surface area contributed by atoms with Crippen LogP contribution in [-0.4, -0.2) is 28.4 Å². The summed E-state index contributed by atoms with van der Waals surface area (Å²) in [5.41, 5.74) is 0. The van der Waals surface area contributed by atoms with Crippen molar-refractivity contribution < 1.29 is 4.79 Å². The van der Waals surface area contributed by atoms with Gasteiger partial charge >= 0.3 is 0 Å². The molecular formula is C11H15N3O. The Bertz CT molecular complexity index is 362. The number of terminal acetylenes is 1. The van der Waals surface area contributed by atoms with Crippen LogP contribution in [-0.2, 0) is 17.8 Å². The summed E-state index contributed by atoms with van der Waals surface area (Å²) in [5.74, 6) is 3.33. The van der Waals surface area contributed by atoms with Crippen molar-refractivity contribution in [3.63, 3.8) is 0 Å². The van der Waals surface area contributed by atoms with Gasteiger partial charge in [-0.3, -0.25) is 10.1 Å². The maximum Gasteiger partial charge on any atom is 0.154 e. The first kappa shape index (κ1) is 11.5. The highest BCUT2D eigenvalue weighted by atomic mass is 16.1. The fourth-order valence-electron chi connectivity index (χ4n) is 1.31. The fourth-order valence-corrected chi connectivity index (χ4v) is 1.31. The summed E-state index contributed by atoms with van der Waals surface area (Å²) >= 11 is 0. The first-order valence-corrected chi connectivity index (χ1v) is 4.93. The summed E-state index contributed by atoms with van der Waals surface area (Å²) in [7, 11) is 0. The maximum atomic E-state index is 11.5. The third-order valence-electron chi connectivity index (χ3n) is 2.05. The average molecular weight is 205 g/mol. The number of carbonyl (C=O) groups is 1. The molecule has 4 heteroatoms. The molecule has 1 aromatic rings. The molecule has 0 aliphatic rings. The Balaban J connectivity index is 2.41. The van der Waals surface area contributed by atoms with Crippen LogP contribution in [0.4, 0.5) is 0 Å². The molecule has 0 amide bonds. The Morgan fingerprint density at radius 2 is 2.53 bits per heavy atom. The molecule has 1 heterocycles. The van der Waals surface area contributed by atoms with Crippen molar-refractivity contribution in [1.82, 2.24) is 14.9 Å². The summed E-state index contributed by atoms with van der Waals surface area (Å²) in [6.07, 6.45) is 9.00. The summed E-state index contributed by atoms with van der Waals surface area (Å²) < 4.78 is 1.96. The number of aromatic nitrogens is 2. The van der Waals surface area contributed by atoms with Crippen LogP contribution >= 0.6 is 0 Å². The van der Waals surface area contributed by atoms with Crippen LogP contribution in [0.25, 0.3) is 0 Å². The van der Waals surface area contributed by atoms with E-state index in [2.05, 4.69) is 16.2 Å². The maximum absolute atomic E-state index is 11.5. The number of rotatable bonds is 6. The zero-order chi connectivity index (χ0) is 11.1. The van der Waals surface area contributed by atoms with Crippen molar-refractivity contribution >= 4 is 5.78 Å². The van der Waals surface area contributed by atoms with Crippen molar-refractivity contribution in [2.75, 3.05) is 13.1 Å². The molecule has 15 heavy (non-hydrogen) atoms. The monoisotopic (exact) mass is 205 g/mol. The quantitative estimate of drug-likeness (QED) is 0.534. The lowest BCUT2D eigenvalue weighted by atomic mass is 10.2.